The lowest BCUT2D eigenvalue weighted by atomic mass is 10.2. The van der Waals surface area contributed by atoms with Crippen molar-refractivity contribution >= 4 is 22.7 Å². The first-order valence-corrected chi connectivity index (χ1v) is 7.12. The number of nitrogens with one attached hydrogen (secondary N) is 1. The van der Waals surface area contributed by atoms with Crippen LogP contribution in [0.3, 0.4) is 0 Å². The molecular formula is C17H22N4. The number of rotatable bonds is 5. The van der Waals surface area contributed by atoms with Crippen LogP contribution in [0.5, 0.6) is 0 Å². The van der Waals surface area contributed by atoms with E-state index in [0.717, 1.165) is 17.1 Å². The number of azo groups is 1. The Balaban J connectivity index is 2.07. The summed E-state index contributed by atoms with van der Waals surface area (Å²) in [5.74, 6) is 0. The van der Waals surface area contributed by atoms with Crippen molar-refractivity contribution < 1.29 is 0 Å². The summed E-state index contributed by atoms with van der Waals surface area (Å²) in [4.78, 5) is 2.22. The Morgan fingerprint density at radius 2 is 1.33 bits per heavy atom. The van der Waals surface area contributed by atoms with Crippen LogP contribution in [0.25, 0.3) is 0 Å². The van der Waals surface area contributed by atoms with Crippen LogP contribution < -0.4 is 10.2 Å². The Hall–Kier alpha value is -2.36. The topological polar surface area (TPSA) is 40.0 Å². The van der Waals surface area contributed by atoms with Crippen molar-refractivity contribution in [1.82, 2.24) is 0 Å². The molecule has 0 aliphatic rings. The first-order chi connectivity index (χ1) is 10.1. The fraction of sp³-hybridized carbons (Fsp3) is 0.294. The van der Waals surface area contributed by atoms with Gasteiger partial charge in [0.25, 0.3) is 0 Å². The van der Waals surface area contributed by atoms with Crippen molar-refractivity contribution in [1.29, 1.82) is 0 Å². The third kappa shape index (κ3) is 4.05. The van der Waals surface area contributed by atoms with E-state index in [1.54, 1.807) is 0 Å². The molecule has 2 rings (SSSR count). The van der Waals surface area contributed by atoms with Crippen LogP contribution in [0, 0.1) is 0 Å². The van der Waals surface area contributed by atoms with Gasteiger partial charge in [-0.15, -0.1) is 0 Å². The van der Waals surface area contributed by atoms with Gasteiger partial charge >= 0.3 is 0 Å². The zero-order chi connectivity index (χ0) is 15.2. The van der Waals surface area contributed by atoms with Gasteiger partial charge in [-0.3, -0.25) is 0 Å². The highest BCUT2D eigenvalue weighted by molar-refractivity contribution is 5.53. The quantitative estimate of drug-likeness (QED) is 0.785. The average Bonchev–Trinajstić information content (AvgIpc) is 2.53. The molecule has 0 aliphatic carbocycles. The molecule has 1 N–H and O–H groups in total. The van der Waals surface area contributed by atoms with Gasteiger partial charge in [-0.25, -0.2) is 0 Å². The van der Waals surface area contributed by atoms with Gasteiger partial charge in [-0.2, -0.15) is 10.2 Å². The third-order valence-corrected chi connectivity index (χ3v) is 3.47. The highest BCUT2D eigenvalue weighted by Crippen LogP contribution is 2.23. The fourth-order valence-electron chi connectivity index (χ4n) is 1.86. The minimum Gasteiger partial charge on any atom is -0.388 e. The molecule has 0 bridgehead atoms. The Morgan fingerprint density at radius 1 is 0.857 bits per heavy atom. The second-order valence-electron chi connectivity index (χ2n) is 5.22. The van der Waals surface area contributed by atoms with Crippen molar-refractivity contribution in [2.24, 2.45) is 10.2 Å². The summed E-state index contributed by atoms with van der Waals surface area (Å²) in [6, 6.07) is 16.4. The molecule has 0 fully saturated rings. The molecule has 2 aromatic rings. The summed E-state index contributed by atoms with van der Waals surface area (Å²) in [7, 11) is 3.98. The number of benzene rings is 2. The number of hydrogen-bond donors (Lipinski definition) is 1. The lowest BCUT2D eigenvalue weighted by Crippen LogP contribution is -2.25. The molecule has 0 heterocycles. The van der Waals surface area contributed by atoms with Crippen LogP contribution in [0.1, 0.15) is 13.8 Å². The highest BCUT2D eigenvalue weighted by Gasteiger charge is 2.03. The summed E-state index contributed by atoms with van der Waals surface area (Å²) in [6.07, 6.45) is 0. The smallest absolute Gasteiger partial charge is 0.0858 e. The van der Waals surface area contributed by atoms with Gasteiger partial charge in [-0.05, 0) is 62.4 Å². The van der Waals surface area contributed by atoms with Crippen molar-refractivity contribution in [3.63, 3.8) is 0 Å². The van der Waals surface area contributed by atoms with E-state index in [-0.39, 0.29) is 0 Å². The minimum atomic E-state index is 0.475. The Kier molecular flexibility index (Phi) is 4.93. The van der Waals surface area contributed by atoms with Crippen molar-refractivity contribution in [2.75, 3.05) is 24.3 Å². The summed E-state index contributed by atoms with van der Waals surface area (Å²) in [6.45, 7) is 4.34. The van der Waals surface area contributed by atoms with Gasteiger partial charge < -0.3 is 10.2 Å². The van der Waals surface area contributed by atoms with E-state index >= 15 is 0 Å². The Labute approximate surface area is 126 Å². The lowest BCUT2D eigenvalue weighted by molar-refractivity contribution is 0.755. The molecule has 0 spiro atoms. The van der Waals surface area contributed by atoms with Crippen LogP contribution in [-0.4, -0.2) is 20.1 Å². The van der Waals surface area contributed by atoms with Gasteiger partial charge in [-0.1, -0.05) is 0 Å². The van der Waals surface area contributed by atoms with E-state index in [0.29, 0.717) is 6.04 Å². The zero-order valence-electron chi connectivity index (χ0n) is 13.0. The molecule has 110 valence electrons. The molecule has 0 aromatic heterocycles. The summed E-state index contributed by atoms with van der Waals surface area (Å²) >= 11 is 0. The number of hydrogen-bond acceptors (Lipinski definition) is 4. The molecular weight excluding hydrogens is 260 g/mol. The van der Waals surface area contributed by atoms with Gasteiger partial charge in [0.15, 0.2) is 0 Å². The highest BCUT2D eigenvalue weighted by atomic mass is 15.1. The van der Waals surface area contributed by atoms with E-state index in [1.807, 2.05) is 43.4 Å². The van der Waals surface area contributed by atoms with Crippen LogP contribution >= 0.6 is 0 Å². The maximum Gasteiger partial charge on any atom is 0.0858 e. The van der Waals surface area contributed by atoms with E-state index in [1.165, 1.54) is 5.69 Å². The first kappa shape index (κ1) is 15.0. The molecule has 0 aliphatic heterocycles. The molecule has 4 nitrogen and oxygen atoms in total. The van der Waals surface area contributed by atoms with Crippen LogP contribution in [0.2, 0.25) is 0 Å². The third-order valence-electron chi connectivity index (χ3n) is 3.47. The van der Waals surface area contributed by atoms with Crippen LogP contribution in [0.15, 0.2) is 58.8 Å². The minimum absolute atomic E-state index is 0.475. The van der Waals surface area contributed by atoms with Gasteiger partial charge in [0.2, 0.25) is 0 Å². The Morgan fingerprint density at radius 3 is 1.76 bits per heavy atom. The predicted molar refractivity (Wildman–Crippen MR) is 90.1 cm³/mol. The second-order valence-corrected chi connectivity index (χ2v) is 5.22. The molecule has 2 aromatic carbocycles. The maximum atomic E-state index is 4.26. The van der Waals surface area contributed by atoms with Gasteiger partial charge in [0.05, 0.1) is 11.4 Å². The van der Waals surface area contributed by atoms with Gasteiger partial charge in [0, 0.05) is 31.5 Å². The largest absolute Gasteiger partial charge is 0.388 e. The number of nitrogens with zero attached hydrogens (tertiary/aromatic N) is 3. The van der Waals surface area contributed by atoms with E-state index in [4.69, 9.17) is 0 Å². The molecule has 0 amide bonds. The molecule has 0 unspecified atom stereocenters. The van der Waals surface area contributed by atoms with Crippen LogP contribution in [0.4, 0.5) is 22.7 Å². The molecule has 0 atom stereocenters. The summed E-state index contributed by atoms with van der Waals surface area (Å²) < 4.78 is 0. The molecule has 21 heavy (non-hydrogen) atoms. The van der Waals surface area contributed by atoms with Gasteiger partial charge in [0.1, 0.15) is 0 Å². The van der Waals surface area contributed by atoms with E-state index < -0.39 is 0 Å². The summed E-state index contributed by atoms with van der Waals surface area (Å²) in [5, 5.41) is 11.6. The summed E-state index contributed by atoms with van der Waals surface area (Å²) in [5.41, 5.74) is 3.95. The molecule has 0 saturated heterocycles. The first-order valence-electron chi connectivity index (χ1n) is 7.12. The van der Waals surface area contributed by atoms with Crippen LogP contribution in [-0.2, 0) is 0 Å². The monoisotopic (exact) mass is 282 g/mol. The SMILES string of the molecule is CNc1ccc(/N=N/c2ccc(N(C)C(C)C)cc2)cc1. The van der Waals surface area contributed by atoms with Crippen molar-refractivity contribution in [2.45, 2.75) is 19.9 Å². The van der Waals surface area contributed by atoms with E-state index in [2.05, 4.69) is 53.5 Å². The predicted octanol–water partition coefficient (Wildman–Crippen LogP) is 4.99. The lowest BCUT2D eigenvalue weighted by Gasteiger charge is -2.23. The zero-order valence-corrected chi connectivity index (χ0v) is 13.0. The van der Waals surface area contributed by atoms with E-state index in [9.17, 15) is 0 Å². The molecule has 0 saturated carbocycles. The molecule has 0 radical (unpaired) electrons. The Bertz CT molecular complexity index is 585. The maximum absolute atomic E-state index is 4.26. The normalized spacial score (nSPS) is 11.1. The van der Waals surface area contributed by atoms with Crippen molar-refractivity contribution in [3.8, 4) is 0 Å². The number of anilines is 2. The average molecular weight is 282 g/mol. The standard InChI is InChI=1S/C17H22N4/c1-13(2)21(4)17-11-9-16(10-12-17)20-19-15-7-5-14(18-3)6-8-15/h5-13,18H,1-4H3/b20-19+. The second kappa shape index (κ2) is 6.88. The molecule has 4 heteroatoms. The van der Waals surface area contributed by atoms with Crippen molar-refractivity contribution in [3.05, 3.63) is 48.5 Å². The fourth-order valence-corrected chi connectivity index (χ4v) is 1.86.